The number of hydrogen-bond donors (Lipinski definition) is 0. The third-order valence-corrected chi connectivity index (χ3v) is 4.75. The highest BCUT2D eigenvalue weighted by molar-refractivity contribution is 7.79. The maximum Gasteiger partial charge on any atom is 0.154 e. The second-order valence-corrected chi connectivity index (χ2v) is 6.92. The van der Waals surface area contributed by atoms with E-state index in [2.05, 4.69) is 0 Å². The summed E-state index contributed by atoms with van der Waals surface area (Å²) in [5, 5.41) is 0. The zero-order valence-corrected chi connectivity index (χ0v) is 14.9. The molecule has 2 atom stereocenters. The van der Waals surface area contributed by atoms with E-state index in [0.717, 1.165) is 28.5 Å². The molecule has 0 heterocycles. The van der Waals surface area contributed by atoms with E-state index in [1.54, 1.807) is 6.92 Å². The number of carbonyl (C=O) groups excluding carboxylic acids is 1. The van der Waals surface area contributed by atoms with E-state index in [1.165, 1.54) is 0 Å². The lowest BCUT2D eigenvalue weighted by Crippen LogP contribution is -2.16. The van der Waals surface area contributed by atoms with Crippen molar-refractivity contribution < 1.29 is 18.3 Å². The van der Waals surface area contributed by atoms with Crippen molar-refractivity contribution >= 4 is 17.4 Å². The third-order valence-electron chi connectivity index (χ3n) is 3.91. The lowest BCUT2D eigenvalue weighted by molar-refractivity contribution is 0.111. The van der Waals surface area contributed by atoms with Crippen molar-refractivity contribution in [3.8, 4) is 16.9 Å². The van der Waals surface area contributed by atoms with Crippen LogP contribution in [0, 0.1) is 19.8 Å². The molecule has 0 spiro atoms. The molecule has 128 valence electrons. The van der Waals surface area contributed by atoms with Gasteiger partial charge in [0.25, 0.3) is 0 Å². The molecule has 4 nitrogen and oxygen atoms in total. The van der Waals surface area contributed by atoms with Gasteiger partial charge in [0.05, 0.1) is 12.2 Å². The Hall–Kier alpha value is -1.98. The predicted octanol–water partition coefficient (Wildman–Crippen LogP) is 3.68. The fourth-order valence-electron chi connectivity index (χ4n) is 2.79. The fourth-order valence-corrected chi connectivity index (χ4v) is 3.35. The second kappa shape index (κ2) is 8.22. The quantitative estimate of drug-likeness (QED) is 0.567. The number of aryl methyl sites for hydroxylation is 1. The monoisotopic (exact) mass is 345 g/mol. The van der Waals surface area contributed by atoms with Crippen LogP contribution in [-0.4, -0.2) is 27.4 Å². The van der Waals surface area contributed by atoms with Gasteiger partial charge in [-0.3, -0.25) is 9.00 Å². The Bertz CT molecular complexity index is 741. The highest BCUT2D eigenvalue weighted by atomic mass is 32.2. The van der Waals surface area contributed by atoms with Gasteiger partial charge >= 0.3 is 0 Å². The molecule has 5 heteroatoms. The van der Waals surface area contributed by atoms with E-state index in [0.29, 0.717) is 11.3 Å². The van der Waals surface area contributed by atoms with E-state index < -0.39 is 11.1 Å². The Morgan fingerprint density at radius 1 is 1.25 bits per heavy atom. The standard InChI is InChI=1S/C19H22O4S/c1-13(12-24(21)22)11-23-18-9-14(2)19(15(3)17(18)10-20)16-7-5-4-6-8-16/h4-10,13H,11-12H2,1-3H3,(H,21,22)/p-1. The van der Waals surface area contributed by atoms with Gasteiger partial charge in [-0.2, -0.15) is 0 Å². The predicted molar refractivity (Wildman–Crippen MR) is 95.2 cm³/mol. The minimum atomic E-state index is -2.10. The van der Waals surface area contributed by atoms with Crippen LogP contribution in [0.2, 0.25) is 0 Å². The minimum Gasteiger partial charge on any atom is -0.772 e. The molecule has 2 aromatic carbocycles. The Balaban J connectivity index is 2.35. The summed E-state index contributed by atoms with van der Waals surface area (Å²) in [6.07, 6.45) is 0.799. The summed E-state index contributed by atoms with van der Waals surface area (Å²) in [5.74, 6) is 0.400. The molecule has 0 radical (unpaired) electrons. The first-order chi connectivity index (χ1) is 11.4. The van der Waals surface area contributed by atoms with Crippen molar-refractivity contribution in [3.05, 3.63) is 53.1 Å². The van der Waals surface area contributed by atoms with Gasteiger partial charge in [-0.1, -0.05) is 48.3 Å². The smallest absolute Gasteiger partial charge is 0.154 e. The number of ether oxygens (including phenoxy) is 1. The number of aldehydes is 1. The zero-order chi connectivity index (χ0) is 17.7. The topological polar surface area (TPSA) is 66.4 Å². The van der Waals surface area contributed by atoms with Gasteiger partial charge in [-0.15, -0.1) is 0 Å². The number of hydrogen-bond acceptors (Lipinski definition) is 4. The summed E-state index contributed by atoms with van der Waals surface area (Å²) in [6, 6.07) is 11.7. The van der Waals surface area contributed by atoms with Gasteiger partial charge < -0.3 is 9.29 Å². The molecule has 24 heavy (non-hydrogen) atoms. The summed E-state index contributed by atoms with van der Waals surface area (Å²) in [5.41, 5.74) is 4.47. The van der Waals surface area contributed by atoms with Gasteiger partial charge in [0.15, 0.2) is 6.29 Å². The van der Waals surface area contributed by atoms with Crippen molar-refractivity contribution in [3.63, 3.8) is 0 Å². The lowest BCUT2D eigenvalue weighted by atomic mass is 9.92. The molecule has 0 aromatic heterocycles. The first-order valence-corrected chi connectivity index (χ1v) is 9.02. The van der Waals surface area contributed by atoms with E-state index in [4.69, 9.17) is 4.74 Å². The minimum absolute atomic E-state index is 0.0382. The van der Waals surface area contributed by atoms with Crippen LogP contribution in [0.3, 0.4) is 0 Å². The maximum atomic E-state index is 11.6. The Kier molecular flexibility index (Phi) is 6.29. The highest BCUT2D eigenvalue weighted by Crippen LogP contribution is 2.34. The molecule has 0 saturated carbocycles. The summed E-state index contributed by atoms with van der Waals surface area (Å²) in [4.78, 5) is 11.6. The van der Waals surface area contributed by atoms with E-state index in [-0.39, 0.29) is 18.3 Å². The van der Waals surface area contributed by atoms with Gasteiger partial charge in [-0.05, 0) is 42.2 Å². The summed E-state index contributed by atoms with van der Waals surface area (Å²) >= 11 is -2.10. The molecule has 0 N–H and O–H groups in total. The lowest BCUT2D eigenvalue weighted by Gasteiger charge is -2.19. The van der Waals surface area contributed by atoms with Crippen LogP contribution in [0.25, 0.3) is 11.1 Å². The number of benzene rings is 2. The summed E-state index contributed by atoms with van der Waals surface area (Å²) in [7, 11) is 0. The van der Waals surface area contributed by atoms with Gasteiger partial charge in [0.1, 0.15) is 5.75 Å². The Morgan fingerprint density at radius 2 is 1.92 bits per heavy atom. The van der Waals surface area contributed by atoms with Crippen molar-refractivity contribution in [1.82, 2.24) is 0 Å². The number of carbonyl (C=O) groups is 1. The molecule has 2 unspecified atom stereocenters. The van der Waals surface area contributed by atoms with E-state index in [9.17, 15) is 13.6 Å². The van der Waals surface area contributed by atoms with E-state index in [1.807, 2.05) is 50.2 Å². The molecular formula is C19H21O4S-. The molecule has 0 fully saturated rings. The average molecular weight is 345 g/mol. The van der Waals surface area contributed by atoms with Crippen LogP contribution >= 0.6 is 0 Å². The largest absolute Gasteiger partial charge is 0.772 e. The average Bonchev–Trinajstić information content (AvgIpc) is 2.53. The van der Waals surface area contributed by atoms with Crippen LogP contribution < -0.4 is 4.74 Å². The molecule has 0 aliphatic heterocycles. The summed E-state index contributed by atoms with van der Waals surface area (Å²) in [6.45, 7) is 5.93. The van der Waals surface area contributed by atoms with Crippen LogP contribution in [0.1, 0.15) is 28.4 Å². The van der Waals surface area contributed by atoms with Crippen molar-refractivity contribution in [1.29, 1.82) is 0 Å². The van der Waals surface area contributed by atoms with Crippen molar-refractivity contribution in [2.45, 2.75) is 20.8 Å². The van der Waals surface area contributed by atoms with Crippen LogP contribution in [-0.2, 0) is 11.1 Å². The number of rotatable bonds is 7. The molecule has 2 rings (SSSR count). The summed E-state index contributed by atoms with van der Waals surface area (Å²) < 4.78 is 27.2. The second-order valence-electron chi connectivity index (χ2n) is 5.98. The highest BCUT2D eigenvalue weighted by Gasteiger charge is 2.16. The Labute approximate surface area is 145 Å². The van der Waals surface area contributed by atoms with Crippen molar-refractivity contribution in [2.75, 3.05) is 12.4 Å². The molecule has 0 bridgehead atoms. The van der Waals surface area contributed by atoms with E-state index >= 15 is 0 Å². The maximum absolute atomic E-state index is 11.6. The van der Waals surface area contributed by atoms with Crippen LogP contribution in [0.15, 0.2) is 36.4 Å². The molecular weight excluding hydrogens is 324 g/mol. The first-order valence-electron chi connectivity index (χ1n) is 7.77. The SMILES string of the molecule is Cc1cc(OCC(C)CS(=O)[O-])c(C=O)c(C)c1-c1ccccc1. The Morgan fingerprint density at radius 3 is 2.50 bits per heavy atom. The molecule has 2 aromatic rings. The fraction of sp³-hybridized carbons (Fsp3) is 0.316. The van der Waals surface area contributed by atoms with Crippen molar-refractivity contribution in [2.24, 2.45) is 5.92 Å². The van der Waals surface area contributed by atoms with Gasteiger partial charge in [0, 0.05) is 11.7 Å². The zero-order valence-electron chi connectivity index (χ0n) is 14.1. The first kappa shape index (κ1) is 18.4. The van der Waals surface area contributed by atoms with Crippen LogP contribution in [0.4, 0.5) is 0 Å². The molecule has 0 aliphatic carbocycles. The molecule has 0 amide bonds. The normalized spacial score (nSPS) is 13.3. The van der Waals surface area contributed by atoms with Gasteiger partial charge in [0.2, 0.25) is 0 Å². The van der Waals surface area contributed by atoms with Crippen LogP contribution in [0.5, 0.6) is 5.75 Å². The third kappa shape index (κ3) is 4.30. The molecule has 0 saturated heterocycles. The molecule has 0 aliphatic rings. The van der Waals surface area contributed by atoms with Gasteiger partial charge in [-0.25, -0.2) is 0 Å².